The molecule has 2 aliphatic carbocycles. The highest BCUT2D eigenvalue weighted by Gasteiger charge is 2.65. The van der Waals surface area contributed by atoms with Gasteiger partial charge in [-0.05, 0) is 48.8 Å². The average Bonchev–Trinajstić information content (AvgIpc) is 2.89. The first-order valence-corrected chi connectivity index (χ1v) is 10.4. The first-order valence-electron chi connectivity index (χ1n) is 8.75. The maximum atomic E-state index is 12.9. The zero-order valence-corrected chi connectivity index (χ0v) is 16.4. The van der Waals surface area contributed by atoms with Crippen molar-refractivity contribution in [3.63, 3.8) is 0 Å². The first-order chi connectivity index (χ1) is 12.0. The molecule has 0 unspecified atom stereocenters. The van der Waals surface area contributed by atoms with Gasteiger partial charge in [0, 0.05) is 6.42 Å². The second-order valence-corrected chi connectivity index (χ2v) is 9.77. The fourth-order valence-electron chi connectivity index (χ4n) is 4.61. The van der Waals surface area contributed by atoms with Gasteiger partial charge < -0.3 is 4.74 Å². The van der Waals surface area contributed by atoms with Crippen molar-refractivity contribution in [3.05, 3.63) is 29.3 Å². The predicted molar refractivity (Wildman–Crippen MR) is 98.5 cm³/mol. The van der Waals surface area contributed by atoms with E-state index in [0.717, 1.165) is 6.42 Å². The normalized spacial score (nSPS) is 26.8. The highest BCUT2D eigenvalue weighted by atomic mass is 32.2. The van der Waals surface area contributed by atoms with Crippen molar-refractivity contribution in [2.45, 2.75) is 40.0 Å². The van der Waals surface area contributed by atoms with Gasteiger partial charge in [0.2, 0.25) is 10.0 Å². The third-order valence-corrected chi connectivity index (χ3v) is 7.90. The second-order valence-electron chi connectivity index (χ2n) is 8.05. The van der Waals surface area contributed by atoms with E-state index in [-0.39, 0.29) is 28.4 Å². The van der Waals surface area contributed by atoms with E-state index in [1.165, 1.54) is 13.2 Å². The van der Waals surface area contributed by atoms with E-state index in [0.29, 0.717) is 24.1 Å². The molecule has 7 heteroatoms. The molecule has 26 heavy (non-hydrogen) atoms. The lowest BCUT2D eigenvalue weighted by Crippen LogP contribution is -2.43. The zero-order valence-electron chi connectivity index (χ0n) is 15.6. The smallest absolute Gasteiger partial charge is 0.337 e. The third-order valence-electron chi connectivity index (χ3n) is 6.50. The number of benzene rings is 1. The summed E-state index contributed by atoms with van der Waals surface area (Å²) in [5.41, 5.74) is 0.161. The minimum atomic E-state index is -3.76. The second kappa shape index (κ2) is 6.08. The van der Waals surface area contributed by atoms with Crippen molar-refractivity contribution >= 4 is 27.5 Å². The molecule has 2 atom stereocenters. The summed E-state index contributed by atoms with van der Waals surface area (Å²) >= 11 is 0. The van der Waals surface area contributed by atoms with Crippen molar-refractivity contribution in [3.8, 4) is 0 Å². The Kier molecular flexibility index (Phi) is 4.42. The van der Waals surface area contributed by atoms with Crippen LogP contribution in [0.15, 0.2) is 18.2 Å². The fourth-order valence-corrected chi connectivity index (χ4v) is 6.57. The standard InChI is InChI=1S/C19H25NO5S/c1-12-5-6-13(17(22)25-4)9-15(12)20-26(23,24)11-19-8-7-14(10-16(19)21)18(19,2)3/h5-6,9,14,20H,7-8,10-11H2,1-4H3/t14-,19-/m0/s1. The molecule has 0 radical (unpaired) electrons. The van der Waals surface area contributed by atoms with E-state index in [2.05, 4.69) is 9.46 Å². The molecule has 0 aliphatic heterocycles. The number of ether oxygens (including phenoxy) is 1. The van der Waals surface area contributed by atoms with Gasteiger partial charge in [-0.2, -0.15) is 0 Å². The Hall–Kier alpha value is -1.89. The van der Waals surface area contributed by atoms with E-state index in [4.69, 9.17) is 0 Å². The number of hydrogen-bond donors (Lipinski definition) is 1. The minimum Gasteiger partial charge on any atom is -0.465 e. The molecule has 0 heterocycles. The average molecular weight is 379 g/mol. The van der Waals surface area contributed by atoms with Crippen LogP contribution in [0.25, 0.3) is 0 Å². The Morgan fingerprint density at radius 2 is 2.04 bits per heavy atom. The van der Waals surface area contributed by atoms with E-state index < -0.39 is 21.4 Å². The summed E-state index contributed by atoms with van der Waals surface area (Å²) in [4.78, 5) is 24.3. The molecule has 0 amide bonds. The number of fused-ring (bicyclic) bond motifs is 2. The zero-order chi connectivity index (χ0) is 19.3. The number of aryl methyl sites for hydroxylation is 1. The van der Waals surface area contributed by atoms with Gasteiger partial charge in [-0.25, -0.2) is 13.2 Å². The maximum Gasteiger partial charge on any atom is 0.337 e. The van der Waals surface area contributed by atoms with Gasteiger partial charge in [0.05, 0.1) is 29.5 Å². The number of esters is 1. The van der Waals surface area contributed by atoms with Gasteiger partial charge in [-0.1, -0.05) is 19.9 Å². The molecule has 142 valence electrons. The molecule has 0 aromatic heterocycles. The third kappa shape index (κ3) is 2.82. The molecular weight excluding hydrogens is 354 g/mol. The van der Waals surface area contributed by atoms with Crippen LogP contribution in [-0.4, -0.2) is 33.0 Å². The van der Waals surface area contributed by atoms with Crippen LogP contribution < -0.4 is 4.72 Å². The molecule has 0 saturated heterocycles. The number of rotatable bonds is 5. The van der Waals surface area contributed by atoms with Crippen molar-refractivity contribution in [2.75, 3.05) is 17.6 Å². The van der Waals surface area contributed by atoms with Crippen LogP contribution in [0.3, 0.4) is 0 Å². The quantitative estimate of drug-likeness (QED) is 0.795. The Labute approximate surface area is 154 Å². The van der Waals surface area contributed by atoms with Crippen molar-refractivity contribution in [1.82, 2.24) is 0 Å². The van der Waals surface area contributed by atoms with Gasteiger partial charge in [-0.15, -0.1) is 0 Å². The summed E-state index contributed by atoms with van der Waals surface area (Å²) in [6.45, 7) is 5.77. The molecule has 2 bridgehead atoms. The topological polar surface area (TPSA) is 89.5 Å². The number of carbonyl (C=O) groups excluding carboxylic acids is 2. The molecule has 0 spiro atoms. The monoisotopic (exact) mass is 379 g/mol. The molecule has 1 aromatic carbocycles. The molecule has 6 nitrogen and oxygen atoms in total. The molecule has 1 N–H and O–H groups in total. The van der Waals surface area contributed by atoms with Gasteiger partial charge in [0.1, 0.15) is 5.78 Å². The SMILES string of the molecule is COC(=O)c1ccc(C)c(NS(=O)(=O)C[C@@]23CC[C@@H](CC2=O)C3(C)C)c1. The largest absolute Gasteiger partial charge is 0.465 e. The van der Waals surface area contributed by atoms with Crippen LogP contribution in [0.1, 0.15) is 49.0 Å². The summed E-state index contributed by atoms with van der Waals surface area (Å²) in [5, 5.41) is 0. The van der Waals surface area contributed by atoms with E-state index >= 15 is 0 Å². The van der Waals surface area contributed by atoms with Crippen LogP contribution in [0, 0.1) is 23.7 Å². The molecule has 3 rings (SSSR count). The van der Waals surface area contributed by atoms with Crippen LogP contribution in [0.4, 0.5) is 5.69 Å². The summed E-state index contributed by atoms with van der Waals surface area (Å²) in [6.07, 6.45) is 1.98. The molecule has 2 saturated carbocycles. The van der Waals surface area contributed by atoms with E-state index in [1.54, 1.807) is 19.1 Å². The highest BCUT2D eigenvalue weighted by Crippen LogP contribution is 2.64. The lowest BCUT2D eigenvalue weighted by Gasteiger charge is -2.36. The van der Waals surface area contributed by atoms with Crippen LogP contribution >= 0.6 is 0 Å². The molecular formula is C19H25NO5S. The van der Waals surface area contributed by atoms with E-state index in [1.807, 2.05) is 13.8 Å². The fraction of sp³-hybridized carbons (Fsp3) is 0.579. The van der Waals surface area contributed by atoms with E-state index in [9.17, 15) is 18.0 Å². The number of methoxy groups -OCH3 is 1. The van der Waals surface area contributed by atoms with Gasteiger partial charge >= 0.3 is 5.97 Å². The molecule has 1 aromatic rings. The number of sulfonamides is 1. The van der Waals surface area contributed by atoms with Crippen LogP contribution in [-0.2, 0) is 19.6 Å². The molecule has 2 aliphatic rings. The number of hydrogen-bond acceptors (Lipinski definition) is 5. The summed E-state index contributed by atoms with van der Waals surface area (Å²) in [6, 6.07) is 4.72. The van der Waals surface area contributed by atoms with Gasteiger partial charge in [-0.3, -0.25) is 9.52 Å². The predicted octanol–water partition coefficient (Wildman–Crippen LogP) is 2.92. The molecule has 2 fully saturated rings. The van der Waals surface area contributed by atoms with Crippen LogP contribution in [0.2, 0.25) is 0 Å². The van der Waals surface area contributed by atoms with Gasteiger partial charge in [0.15, 0.2) is 0 Å². The Morgan fingerprint density at radius 1 is 1.35 bits per heavy atom. The first kappa shape index (κ1) is 18.9. The number of Topliss-reactive ketones (excluding diaryl/α,β-unsaturated/α-hetero) is 1. The highest BCUT2D eigenvalue weighted by molar-refractivity contribution is 7.92. The van der Waals surface area contributed by atoms with Crippen molar-refractivity contribution in [1.29, 1.82) is 0 Å². The number of ketones is 1. The minimum absolute atomic E-state index is 0.0594. The number of nitrogens with one attached hydrogen (secondary N) is 1. The lowest BCUT2D eigenvalue weighted by molar-refractivity contribution is -0.128. The van der Waals surface area contributed by atoms with Crippen molar-refractivity contribution < 1.29 is 22.7 Å². The Balaban J connectivity index is 1.89. The maximum absolute atomic E-state index is 12.9. The lowest BCUT2D eigenvalue weighted by atomic mass is 9.70. The Bertz CT molecular complexity index is 874. The number of carbonyl (C=O) groups is 2. The number of anilines is 1. The van der Waals surface area contributed by atoms with Crippen LogP contribution in [0.5, 0.6) is 0 Å². The summed E-state index contributed by atoms with van der Waals surface area (Å²) in [5.74, 6) is -0.432. The Morgan fingerprint density at radius 3 is 2.58 bits per heavy atom. The summed E-state index contributed by atoms with van der Waals surface area (Å²) in [7, 11) is -2.49. The van der Waals surface area contributed by atoms with Gasteiger partial charge in [0.25, 0.3) is 0 Å². The van der Waals surface area contributed by atoms with Crippen molar-refractivity contribution in [2.24, 2.45) is 16.7 Å². The summed E-state index contributed by atoms with van der Waals surface area (Å²) < 4.78 is 33.1.